The maximum Gasteiger partial charge on any atom is 0.144 e. The van der Waals surface area contributed by atoms with Gasteiger partial charge in [0.05, 0.1) is 28.4 Å². The number of hydrogen-bond donors (Lipinski definition) is 1. The summed E-state index contributed by atoms with van der Waals surface area (Å²) in [5.41, 5.74) is 0.790. The summed E-state index contributed by atoms with van der Waals surface area (Å²) >= 11 is 9.34. The van der Waals surface area contributed by atoms with E-state index < -0.39 is 0 Å². The van der Waals surface area contributed by atoms with Crippen molar-refractivity contribution < 1.29 is 9.47 Å². The van der Waals surface area contributed by atoms with Gasteiger partial charge in [-0.1, -0.05) is 11.6 Å². The number of rotatable bonds is 6. The average molecular weight is 372 g/mol. The second kappa shape index (κ2) is 7.52. The molecule has 1 aromatic carbocycles. The van der Waals surface area contributed by atoms with E-state index in [1.165, 1.54) is 0 Å². The average Bonchev–Trinajstić information content (AvgIpc) is 2.45. The Hall–Kier alpha value is -1.46. The molecule has 0 spiro atoms. The molecule has 1 N–H and O–H groups in total. The number of aromatic nitrogens is 1. The van der Waals surface area contributed by atoms with Crippen LogP contribution in [0.4, 0.5) is 11.5 Å². The van der Waals surface area contributed by atoms with E-state index in [0.717, 1.165) is 21.7 Å². The van der Waals surface area contributed by atoms with E-state index in [4.69, 9.17) is 21.1 Å². The molecule has 0 unspecified atom stereocenters. The Kier molecular flexibility index (Phi) is 5.70. The number of nitrogens with zero attached hydrogens (tertiary/aromatic N) is 1. The van der Waals surface area contributed by atoms with Crippen molar-refractivity contribution in [2.24, 2.45) is 0 Å². The van der Waals surface area contributed by atoms with Crippen LogP contribution in [0.5, 0.6) is 11.5 Å². The van der Waals surface area contributed by atoms with Crippen LogP contribution in [0.25, 0.3) is 0 Å². The highest BCUT2D eigenvalue weighted by atomic mass is 79.9. The maximum absolute atomic E-state index is 5.90. The summed E-state index contributed by atoms with van der Waals surface area (Å²) < 4.78 is 11.9. The smallest absolute Gasteiger partial charge is 0.144 e. The van der Waals surface area contributed by atoms with Gasteiger partial charge >= 0.3 is 0 Å². The van der Waals surface area contributed by atoms with Crippen LogP contribution in [0, 0.1) is 0 Å². The SMILES string of the molecule is CCOc1ccc(OCC)c(Nc2ncc(Cl)cc2Br)c1. The van der Waals surface area contributed by atoms with Gasteiger partial charge in [-0.2, -0.15) is 0 Å². The lowest BCUT2D eigenvalue weighted by Gasteiger charge is -2.14. The summed E-state index contributed by atoms with van der Waals surface area (Å²) in [5.74, 6) is 2.17. The van der Waals surface area contributed by atoms with Crippen molar-refractivity contribution in [2.75, 3.05) is 18.5 Å². The van der Waals surface area contributed by atoms with Crippen molar-refractivity contribution in [3.05, 3.63) is 40.0 Å². The molecule has 0 bridgehead atoms. The first kappa shape index (κ1) is 15.9. The van der Waals surface area contributed by atoms with Crippen molar-refractivity contribution in [3.8, 4) is 11.5 Å². The van der Waals surface area contributed by atoms with Gasteiger partial charge in [0.1, 0.15) is 17.3 Å². The molecule has 0 radical (unpaired) electrons. The molecule has 0 aliphatic carbocycles. The standard InChI is InChI=1S/C15H16BrClN2O2/c1-3-20-11-5-6-14(21-4-2)13(8-11)19-15-12(16)7-10(17)9-18-15/h5-9H,3-4H2,1-2H3,(H,18,19). The van der Waals surface area contributed by atoms with Crippen LogP contribution >= 0.6 is 27.5 Å². The highest BCUT2D eigenvalue weighted by molar-refractivity contribution is 9.10. The molecule has 1 heterocycles. The van der Waals surface area contributed by atoms with Crippen LogP contribution in [0.3, 0.4) is 0 Å². The van der Waals surface area contributed by atoms with Gasteiger partial charge in [0.15, 0.2) is 0 Å². The van der Waals surface area contributed by atoms with Crippen LogP contribution in [-0.2, 0) is 0 Å². The van der Waals surface area contributed by atoms with Crippen LogP contribution in [0.1, 0.15) is 13.8 Å². The van der Waals surface area contributed by atoms with Crippen LogP contribution < -0.4 is 14.8 Å². The molecule has 6 heteroatoms. The van der Waals surface area contributed by atoms with Gasteiger partial charge in [-0.15, -0.1) is 0 Å². The number of nitrogens with one attached hydrogen (secondary N) is 1. The number of ether oxygens (including phenoxy) is 2. The normalized spacial score (nSPS) is 10.3. The maximum atomic E-state index is 5.90. The van der Waals surface area contributed by atoms with Gasteiger partial charge in [-0.25, -0.2) is 4.98 Å². The van der Waals surface area contributed by atoms with E-state index in [2.05, 4.69) is 26.2 Å². The van der Waals surface area contributed by atoms with Gasteiger partial charge in [0, 0.05) is 12.3 Å². The predicted octanol–water partition coefficient (Wildman–Crippen LogP) is 5.04. The molecule has 2 rings (SSSR count). The fraction of sp³-hybridized carbons (Fsp3) is 0.267. The monoisotopic (exact) mass is 370 g/mol. The third-order valence-electron chi connectivity index (χ3n) is 2.62. The summed E-state index contributed by atoms with van der Waals surface area (Å²) in [6.07, 6.45) is 1.58. The minimum atomic E-state index is 0.570. The quantitative estimate of drug-likeness (QED) is 0.772. The first-order chi connectivity index (χ1) is 10.1. The summed E-state index contributed by atoms with van der Waals surface area (Å²) in [7, 11) is 0. The van der Waals surface area contributed by atoms with Crippen molar-refractivity contribution in [1.29, 1.82) is 0 Å². The molecule has 1 aromatic heterocycles. The van der Waals surface area contributed by atoms with E-state index in [9.17, 15) is 0 Å². The molecule has 0 aliphatic heterocycles. The fourth-order valence-electron chi connectivity index (χ4n) is 1.78. The number of hydrogen-bond acceptors (Lipinski definition) is 4. The zero-order chi connectivity index (χ0) is 15.2. The van der Waals surface area contributed by atoms with Gasteiger partial charge in [0.2, 0.25) is 0 Å². The first-order valence-electron chi connectivity index (χ1n) is 6.61. The molecule has 21 heavy (non-hydrogen) atoms. The number of anilines is 2. The lowest BCUT2D eigenvalue weighted by molar-refractivity contribution is 0.332. The number of benzene rings is 1. The summed E-state index contributed by atoms with van der Waals surface area (Å²) in [5, 5.41) is 3.80. The Morgan fingerprint density at radius 3 is 2.62 bits per heavy atom. The van der Waals surface area contributed by atoms with Crippen LogP contribution in [-0.4, -0.2) is 18.2 Å². The Morgan fingerprint density at radius 1 is 1.19 bits per heavy atom. The van der Waals surface area contributed by atoms with E-state index in [-0.39, 0.29) is 0 Å². The van der Waals surface area contributed by atoms with Gasteiger partial charge in [-0.05, 0) is 48.0 Å². The second-order valence-electron chi connectivity index (χ2n) is 4.13. The number of halogens is 2. The van der Waals surface area contributed by atoms with Gasteiger partial charge in [0.25, 0.3) is 0 Å². The zero-order valence-electron chi connectivity index (χ0n) is 11.8. The number of pyridine rings is 1. The predicted molar refractivity (Wildman–Crippen MR) is 89.0 cm³/mol. The lowest BCUT2D eigenvalue weighted by Crippen LogP contribution is -2.01. The summed E-state index contributed by atoms with van der Waals surface area (Å²) in [6.45, 7) is 5.08. The molecule has 0 aliphatic rings. The van der Waals surface area contributed by atoms with E-state index in [1.54, 1.807) is 12.3 Å². The molecule has 0 fully saturated rings. The fourth-order valence-corrected chi connectivity index (χ4v) is 2.52. The largest absolute Gasteiger partial charge is 0.494 e. The Balaban J connectivity index is 2.33. The van der Waals surface area contributed by atoms with Crippen molar-refractivity contribution >= 4 is 39.0 Å². The first-order valence-corrected chi connectivity index (χ1v) is 7.78. The molecular formula is C15H16BrClN2O2. The molecule has 4 nitrogen and oxygen atoms in total. The van der Waals surface area contributed by atoms with E-state index in [0.29, 0.717) is 24.1 Å². The van der Waals surface area contributed by atoms with Crippen molar-refractivity contribution in [1.82, 2.24) is 4.98 Å². The summed E-state index contributed by atoms with van der Waals surface area (Å²) in [4.78, 5) is 4.26. The van der Waals surface area contributed by atoms with E-state index in [1.807, 2.05) is 32.0 Å². The molecular weight excluding hydrogens is 356 g/mol. The summed E-state index contributed by atoms with van der Waals surface area (Å²) in [6, 6.07) is 7.42. The molecule has 0 saturated carbocycles. The minimum Gasteiger partial charge on any atom is -0.494 e. The zero-order valence-corrected chi connectivity index (χ0v) is 14.2. The van der Waals surface area contributed by atoms with Crippen LogP contribution in [0.2, 0.25) is 5.02 Å². The Labute approximate surface area is 137 Å². The third-order valence-corrected chi connectivity index (χ3v) is 3.43. The molecule has 0 amide bonds. The van der Waals surface area contributed by atoms with Crippen molar-refractivity contribution in [2.45, 2.75) is 13.8 Å². The van der Waals surface area contributed by atoms with Crippen LogP contribution in [0.15, 0.2) is 34.9 Å². The molecule has 112 valence electrons. The molecule has 0 saturated heterocycles. The Bertz CT molecular complexity index is 623. The highest BCUT2D eigenvalue weighted by Crippen LogP contribution is 2.34. The molecule has 0 atom stereocenters. The second-order valence-corrected chi connectivity index (χ2v) is 5.42. The third kappa shape index (κ3) is 4.25. The van der Waals surface area contributed by atoms with Crippen molar-refractivity contribution in [3.63, 3.8) is 0 Å². The Morgan fingerprint density at radius 2 is 1.95 bits per heavy atom. The lowest BCUT2D eigenvalue weighted by atomic mass is 10.2. The van der Waals surface area contributed by atoms with Gasteiger partial charge in [-0.3, -0.25) is 0 Å². The minimum absolute atomic E-state index is 0.570. The van der Waals surface area contributed by atoms with Gasteiger partial charge < -0.3 is 14.8 Å². The highest BCUT2D eigenvalue weighted by Gasteiger charge is 2.09. The topological polar surface area (TPSA) is 43.4 Å². The van der Waals surface area contributed by atoms with E-state index >= 15 is 0 Å². The molecule has 2 aromatic rings.